The van der Waals surface area contributed by atoms with Gasteiger partial charge in [0.1, 0.15) is 5.82 Å². The quantitative estimate of drug-likeness (QED) is 0.450. The number of carbonyl (C=O) groups is 1. The van der Waals surface area contributed by atoms with Gasteiger partial charge in [0.15, 0.2) is 5.16 Å². The third-order valence-electron chi connectivity index (χ3n) is 3.81. The lowest BCUT2D eigenvalue weighted by Crippen LogP contribution is -2.10. The van der Waals surface area contributed by atoms with Gasteiger partial charge in [-0.2, -0.15) is 0 Å². The van der Waals surface area contributed by atoms with E-state index < -0.39 is 0 Å². The van der Waals surface area contributed by atoms with E-state index in [4.69, 9.17) is 4.74 Å². The Labute approximate surface area is 157 Å². The summed E-state index contributed by atoms with van der Waals surface area (Å²) in [7, 11) is 0. The summed E-state index contributed by atoms with van der Waals surface area (Å²) >= 11 is 1.36. The van der Waals surface area contributed by atoms with Crippen LogP contribution in [-0.2, 0) is 22.5 Å². The fraction of sp³-hybridized carbons (Fsp3) is 0.250. The van der Waals surface area contributed by atoms with Gasteiger partial charge in [-0.25, -0.2) is 0 Å². The summed E-state index contributed by atoms with van der Waals surface area (Å²) in [4.78, 5) is 11.7. The molecule has 0 aliphatic heterocycles. The van der Waals surface area contributed by atoms with E-state index in [1.165, 1.54) is 22.9 Å². The Bertz CT molecular complexity index is 835. The molecular weight excluding hydrogens is 346 g/mol. The minimum atomic E-state index is -0.239. The summed E-state index contributed by atoms with van der Waals surface area (Å²) in [6, 6.07) is 20.4. The molecule has 0 radical (unpaired) electrons. The van der Waals surface area contributed by atoms with Crippen LogP contribution in [0.3, 0.4) is 0 Å². The highest BCUT2D eigenvalue weighted by Gasteiger charge is 2.15. The Hall–Kier alpha value is -2.60. The summed E-state index contributed by atoms with van der Waals surface area (Å²) in [6.45, 7) is 2.86. The normalized spacial score (nSPS) is 10.7. The average molecular weight is 367 g/mol. The van der Waals surface area contributed by atoms with Gasteiger partial charge >= 0.3 is 5.97 Å². The van der Waals surface area contributed by atoms with Gasteiger partial charge in [0.25, 0.3) is 0 Å². The Morgan fingerprint density at radius 2 is 1.65 bits per heavy atom. The number of aromatic nitrogens is 3. The number of esters is 1. The van der Waals surface area contributed by atoms with Crippen LogP contribution >= 0.6 is 11.8 Å². The molecule has 0 fully saturated rings. The molecule has 0 amide bonds. The van der Waals surface area contributed by atoms with Crippen LogP contribution in [0.1, 0.15) is 23.9 Å². The monoisotopic (exact) mass is 367 g/mol. The first-order valence-corrected chi connectivity index (χ1v) is 9.53. The van der Waals surface area contributed by atoms with Crippen molar-refractivity contribution >= 4 is 17.7 Å². The minimum Gasteiger partial charge on any atom is -0.465 e. The number of rotatable bonds is 8. The van der Waals surface area contributed by atoms with Crippen molar-refractivity contribution in [1.82, 2.24) is 14.8 Å². The third kappa shape index (κ3) is 4.95. The van der Waals surface area contributed by atoms with Gasteiger partial charge in [-0.05, 0) is 18.1 Å². The molecule has 0 saturated carbocycles. The maximum Gasteiger partial charge on any atom is 0.316 e. The number of ether oxygens (including phenoxy) is 1. The Kier molecular flexibility index (Phi) is 6.44. The van der Waals surface area contributed by atoms with E-state index in [2.05, 4.69) is 39.0 Å². The van der Waals surface area contributed by atoms with Gasteiger partial charge in [-0.1, -0.05) is 72.4 Å². The SMILES string of the molecule is CCOC(=O)CSc1nnc(Cc2ccccc2)n1Cc1ccccc1. The van der Waals surface area contributed by atoms with E-state index in [1.54, 1.807) is 6.92 Å². The molecule has 0 aliphatic rings. The molecule has 2 aromatic carbocycles. The average Bonchev–Trinajstić information content (AvgIpc) is 3.03. The molecule has 1 aromatic heterocycles. The molecule has 0 bridgehead atoms. The highest BCUT2D eigenvalue weighted by Crippen LogP contribution is 2.20. The molecule has 5 nitrogen and oxygen atoms in total. The van der Waals surface area contributed by atoms with Crippen LogP contribution in [0.25, 0.3) is 0 Å². The zero-order valence-electron chi connectivity index (χ0n) is 14.7. The first kappa shape index (κ1) is 18.2. The van der Waals surface area contributed by atoms with Gasteiger partial charge < -0.3 is 9.30 Å². The largest absolute Gasteiger partial charge is 0.465 e. The molecule has 3 aromatic rings. The highest BCUT2D eigenvalue weighted by atomic mass is 32.2. The van der Waals surface area contributed by atoms with Gasteiger partial charge in [0.2, 0.25) is 0 Å². The van der Waals surface area contributed by atoms with Gasteiger partial charge in [-0.15, -0.1) is 10.2 Å². The van der Waals surface area contributed by atoms with Gasteiger partial charge in [-0.3, -0.25) is 4.79 Å². The van der Waals surface area contributed by atoms with Gasteiger partial charge in [0, 0.05) is 6.42 Å². The highest BCUT2D eigenvalue weighted by molar-refractivity contribution is 7.99. The number of hydrogen-bond acceptors (Lipinski definition) is 5. The summed E-state index contributed by atoms with van der Waals surface area (Å²) in [6.07, 6.45) is 0.695. The summed E-state index contributed by atoms with van der Waals surface area (Å²) in [5.74, 6) is 0.870. The fourth-order valence-electron chi connectivity index (χ4n) is 2.59. The molecule has 0 spiro atoms. The Morgan fingerprint density at radius 3 is 2.31 bits per heavy atom. The third-order valence-corrected chi connectivity index (χ3v) is 4.75. The van der Waals surface area contributed by atoms with Crippen molar-refractivity contribution in [3.63, 3.8) is 0 Å². The smallest absolute Gasteiger partial charge is 0.316 e. The number of carbonyl (C=O) groups excluding carboxylic acids is 1. The molecule has 6 heteroatoms. The topological polar surface area (TPSA) is 57.0 Å². The predicted molar refractivity (Wildman–Crippen MR) is 102 cm³/mol. The van der Waals surface area contributed by atoms with Crippen molar-refractivity contribution in [2.75, 3.05) is 12.4 Å². The standard InChI is InChI=1S/C20H21N3O2S/c1-2-25-19(24)15-26-20-22-21-18(13-16-9-5-3-6-10-16)23(20)14-17-11-7-4-8-12-17/h3-12H,2,13-15H2,1H3. The second kappa shape index (κ2) is 9.20. The number of hydrogen-bond donors (Lipinski definition) is 0. The van der Waals surface area contributed by atoms with Crippen LogP contribution in [0.4, 0.5) is 0 Å². The van der Waals surface area contributed by atoms with Crippen LogP contribution in [0.5, 0.6) is 0 Å². The van der Waals surface area contributed by atoms with Crippen molar-refractivity contribution in [1.29, 1.82) is 0 Å². The summed E-state index contributed by atoms with van der Waals surface area (Å²) < 4.78 is 7.08. The van der Waals surface area contributed by atoms with Crippen molar-refractivity contribution in [2.24, 2.45) is 0 Å². The molecule has 3 rings (SSSR count). The minimum absolute atomic E-state index is 0.228. The van der Waals surface area contributed by atoms with Crippen molar-refractivity contribution < 1.29 is 9.53 Å². The van der Waals surface area contributed by atoms with Crippen molar-refractivity contribution in [2.45, 2.75) is 25.0 Å². The molecule has 0 aliphatic carbocycles. The van der Waals surface area contributed by atoms with Crippen LogP contribution in [0, 0.1) is 0 Å². The maximum atomic E-state index is 11.7. The molecule has 0 saturated heterocycles. The second-order valence-corrected chi connectivity index (χ2v) is 6.67. The van der Waals surface area contributed by atoms with E-state index in [0.29, 0.717) is 19.6 Å². The zero-order valence-corrected chi connectivity index (χ0v) is 15.5. The Balaban J connectivity index is 1.82. The molecule has 1 heterocycles. The lowest BCUT2D eigenvalue weighted by molar-refractivity contribution is -0.139. The van der Waals surface area contributed by atoms with Crippen molar-refractivity contribution in [3.05, 3.63) is 77.6 Å². The fourth-order valence-corrected chi connectivity index (χ4v) is 3.34. The predicted octanol–water partition coefficient (Wildman–Crippen LogP) is 3.57. The second-order valence-electron chi connectivity index (χ2n) is 5.73. The van der Waals surface area contributed by atoms with Crippen molar-refractivity contribution in [3.8, 4) is 0 Å². The van der Waals surface area contributed by atoms with Gasteiger partial charge in [0.05, 0.1) is 18.9 Å². The zero-order chi connectivity index (χ0) is 18.2. The lowest BCUT2D eigenvalue weighted by atomic mass is 10.1. The molecule has 0 unspecified atom stereocenters. The van der Waals surface area contributed by atoms with E-state index in [0.717, 1.165) is 11.0 Å². The van der Waals surface area contributed by atoms with E-state index >= 15 is 0 Å². The summed E-state index contributed by atoms with van der Waals surface area (Å²) in [5.41, 5.74) is 2.34. The van der Waals surface area contributed by atoms with Crippen LogP contribution in [0.2, 0.25) is 0 Å². The lowest BCUT2D eigenvalue weighted by Gasteiger charge is -2.10. The number of nitrogens with zero attached hydrogens (tertiary/aromatic N) is 3. The van der Waals surface area contributed by atoms with E-state index in [-0.39, 0.29) is 11.7 Å². The molecular formula is C20H21N3O2S. The van der Waals surface area contributed by atoms with Crippen LogP contribution in [0.15, 0.2) is 65.8 Å². The number of thioether (sulfide) groups is 1. The first-order chi connectivity index (χ1) is 12.8. The maximum absolute atomic E-state index is 11.7. The van der Waals surface area contributed by atoms with E-state index in [1.807, 2.05) is 36.4 Å². The van der Waals surface area contributed by atoms with Crippen LogP contribution < -0.4 is 0 Å². The Morgan fingerprint density at radius 1 is 1.00 bits per heavy atom. The molecule has 0 atom stereocenters. The van der Waals surface area contributed by atoms with E-state index in [9.17, 15) is 4.79 Å². The first-order valence-electron chi connectivity index (χ1n) is 8.54. The van der Waals surface area contributed by atoms with Crippen LogP contribution in [-0.4, -0.2) is 33.1 Å². The summed E-state index contributed by atoms with van der Waals surface area (Å²) in [5, 5.41) is 9.41. The molecule has 0 N–H and O–H groups in total. The molecule has 134 valence electrons. The molecule has 26 heavy (non-hydrogen) atoms. The number of benzene rings is 2.